The molecule has 11 nitrogen and oxygen atoms in total. The van der Waals surface area contributed by atoms with Gasteiger partial charge in [-0.2, -0.15) is 5.10 Å². The molecule has 2 N–H and O–H groups in total. The van der Waals surface area contributed by atoms with Crippen molar-refractivity contribution in [2.45, 2.75) is 124 Å². The van der Waals surface area contributed by atoms with Crippen molar-refractivity contribution in [2.75, 3.05) is 12.4 Å². The van der Waals surface area contributed by atoms with Gasteiger partial charge in [0, 0.05) is 36.3 Å². The van der Waals surface area contributed by atoms with E-state index in [1.54, 1.807) is 31.5 Å². The van der Waals surface area contributed by atoms with Crippen LogP contribution in [0.25, 0.3) is 16.7 Å². The summed E-state index contributed by atoms with van der Waals surface area (Å²) in [4.78, 5) is 45.1. The van der Waals surface area contributed by atoms with Crippen LogP contribution in [0.15, 0.2) is 48.8 Å². The Balaban J connectivity index is 1.41. The van der Waals surface area contributed by atoms with E-state index in [2.05, 4.69) is 44.9 Å². The van der Waals surface area contributed by atoms with Crippen LogP contribution in [-0.2, 0) is 0 Å². The molecule has 2 amide bonds. The third-order valence-electron chi connectivity index (χ3n) is 8.86. The molecule has 4 rings (SSSR count). The Hall–Kier alpha value is -4.51. The Morgan fingerprint density at radius 3 is 2.25 bits per heavy atom. The summed E-state index contributed by atoms with van der Waals surface area (Å²) < 4.78 is 7.91. The fourth-order valence-corrected chi connectivity index (χ4v) is 6.31. The number of hydrogen-bond donors (Lipinski definition) is 2. The first-order chi connectivity index (χ1) is 25.1. The summed E-state index contributed by atoms with van der Waals surface area (Å²) in [5, 5.41) is 15.7. The number of benzene rings is 1. The fourth-order valence-electron chi connectivity index (χ4n) is 6.11. The van der Waals surface area contributed by atoms with E-state index in [1.807, 2.05) is 19.9 Å². The second-order valence-electron chi connectivity index (χ2n) is 13.6. The molecule has 0 saturated heterocycles. The van der Waals surface area contributed by atoms with E-state index in [4.69, 9.17) is 16.3 Å². The lowest BCUT2D eigenvalue weighted by Gasteiger charge is -2.16. The highest BCUT2D eigenvalue weighted by Crippen LogP contribution is 2.31. The number of hydrogen-bond acceptors (Lipinski definition) is 7. The highest BCUT2D eigenvalue weighted by Gasteiger charge is 2.26. The van der Waals surface area contributed by atoms with E-state index in [-0.39, 0.29) is 45.6 Å². The summed E-state index contributed by atoms with van der Waals surface area (Å²) in [6.45, 7) is 7.74. The number of methoxy groups -OCH3 is 1. The maximum atomic E-state index is 13.9. The molecule has 0 saturated carbocycles. The SMILES string of the molecule is CCCCCCCC/C=C\CCCCCCCC(=O)n1cc2cc(C)c(NC(=O)c3cc(OC)nn3-c3ncccc3Cl)c(C(=O)NC(C)C)c2n1. The van der Waals surface area contributed by atoms with Crippen LogP contribution in [0.4, 0.5) is 5.69 Å². The molecule has 0 aliphatic carbocycles. The minimum atomic E-state index is -0.571. The Labute approximate surface area is 312 Å². The zero-order valence-corrected chi connectivity index (χ0v) is 32.1. The average molecular weight is 732 g/mol. The van der Waals surface area contributed by atoms with Crippen LogP contribution < -0.4 is 15.4 Å². The second kappa shape index (κ2) is 20.5. The van der Waals surface area contributed by atoms with Crippen LogP contribution >= 0.6 is 11.6 Å². The number of unbranched alkanes of at least 4 members (excludes halogenated alkanes) is 11. The van der Waals surface area contributed by atoms with Gasteiger partial charge in [-0.05, 0) is 76.6 Å². The van der Waals surface area contributed by atoms with E-state index in [1.165, 1.54) is 67.5 Å². The fraction of sp³-hybridized carbons (Fsp3) is 0.500. The van der Waals surface area contributed by atoms with Crippen LogP contribution in [0.3, 0.4) is 0 Å². The van der Waals surface area contributed by atoms with Crippen molar-refractivity contribution < 1.29 is 19.1 Å². The zero-order valence-electron chi connectivity index (χ0n) is 31.3. The Morgan fingerprint density at radius 1 is 0.923 bits per heavy atom. The van der Waals surface area contributed by atoms with Gasteiger partial charge >= 0.3 is 0 Å². The summed E-state index contributed by atoms with van der Waals surface area (Å²) >= 11 is 6.39. The van der Waals surface area contributed by atoms with Crippen molar-refractivity contribution in [1.29, 1.82) is 0 Å². The molecule has 0 aliphatic heterocycles. The van der Waals surface area contributed by atoms with Gasteiger partial charge in [0.25, 0.3) is 11.8 Å². The molecule has 0 atom stereocenters. The highest BCUT2D eigenvalue weighted by molar-refractivity contribution is 6.32. The molecule has 12 heteroatoms. The van der Waals surface area contributed by atoms with Crippen molar-refractivity contribution in [1.82, 2.24) is 29.9 Å². The molecule has 280 valence electrons. The molecule has 52 heavy (non-hydrogen) atoms. The largest absolute Gasteiger partial charge is 0.480 e. The van der Waals surface area contributed by atoms with E-state index in [9.17, 15) is 14.4 Å². The number of carbonyl (C=O) groups excluding carboxylic acids is 3. The lowest BCUT2D eigenvalue weighted by molar-refractivity contribution is 0.0881. The summed E-state index contributed by atoms with van der Waals surface area (Å²) in [5.74, 6) is -0.715. The van der Waals surface area contributed by atoms with E-state index < -0.39 is 11.8 Å². The zero-order chi connectivity index (χ0) is 37.5. The number of aromatic nitrogens is 5. The van der Waals surface area contributed by atoms with Crippen molar-refractivity contribution in [3.63, 3.8) is 0 Å². The predicted octanol–water partition coefficient (Wildman–Crippen LogP) is 9.66. The predicted molar refractivity (Wildman–Crippen MR) is 208 cm³/mol. The van der Waals surface area contributed by atoms with Gasteiger partial charge in [0.2, 0.25) is 11.8 Å². The van der Waals surface area contributed by atoms with Crippen LogP contribution in [0, 0.1) is 6.92 Å². The quantitative estimate of drug-likeness (QED) is 0.0644. The first kappa shape index (κ1) is 40.3. The number of pyridine rings is 1. The molecule has 0 unspecified atom stereocenters. The Bertz CT molecular complexity index is 1830. The molecule has 0 fully saturated rings. The third kappa shape index (κ3) is 11.2. The molecule has 1 aromatic carbocycles. The van der Waals surface area contributed by atoms with E-state index >= 15 is 0 Å². The minimum absolute atomic E-state index is 0.0906. The van der Waals surface area contributed by atoms with Gasteiger partial charge in [0.1, 0.15) is 11.2 Å². The maximum absolute atomic E-state index is 13.9. The van der Waals surface area contributed by atoms with Gasteiger partial charge in [-0.25, -0.2) is 14.3 Å². The summed E-state index contributed by atoms with van der Waals surface area (Å²) in [7, 11) is 1.44. The standard InChI is InChI=1S/C40H54ClN7O4/c1-6-7-8-9-10-11-12-13-14-15-16-17-18-19-20-23-34(49)47-27-30-25-29(4)36(35(37(30)46-47)40(51)43-28(2)3)44-39(50)32-26-33(52-5)45-48(32)38-31(41)22-21-24-42-38/h13-14,21-22,24-28H,6-12,15-20,23H2,1-5H3,(H,43,51)(H,44,50)/b14-13-. The Kier molecular flexibility index (Phi) is 15.9. The maximum Gasteiger partial charge on any atom is 0.274 e. The molecule has 4 aromatic rings. The number of carbonyl (C=O) groups is 3. The number of amides is 2. The normalized spacial score (nSPS) is 11.5. The number of aryl methyl sites for hydroxylation is 1. The number of fused-ring (bicyclic) bond motifs is 1. The summed E-state index contributed by atoms with van der Waals surface area (Å²) in [6, 6.07) is 6.40. The monoisotopic (exact) mass is 731 g/mol. The number of halogens is 1. The molecular formula is C40H54ClN7O4. The van der Waals surface area contributed by atoms with E-state index in [0.29, 0.717) is 22.9 Å². The first-order valence-corrected chi connectivity index (χ1v) is 19.1. The van der Waals surface area contributed by atoms with Crippen LogP contribution in [0.2, 0.25) is 5.02 Å². The molecule has 0 spiro atoms. The number of rotatable bonds is 21. The lowest BCUT2D eigenvalue weighted by atomic mass is 10.0. The van der Waals surface area contributed by atoms with Gasteiger partial charge in [-0.3, -0.25) is 14.4 Å². The summed E-state index contributed by atoms with van der Waals surface area (Å²) in [6.07, 6.45) is 23.6. The molecule has 0 aliphatic rings. The van der Waals surface area contributed by atoms with Gasteiger partial charge in [-0.15, -0.1) is 5.10 Å². The molecule has 3 heterocycles. The summed E-state index contributed by atoms with van der Waals surface area (Å²) in [5.41, 5.74) is 1.46. The van der Waals surface area contributed by atoms with Crippen molar-refractivity contribution in [2.24, 2.45) is 0 Å². The van der Waals surface area contributed by atoms with Gasteiger partial charge < -0.3 is 15.4 Å². The molecular weight excluding hydrogens is 678 g/mol. The number of anilines is 1. The van der Waals surface area contributed by atoms with Crippen molar-refractivity contribution >= 4 is 45.9 Å². The Morgan fingerprint density at radius 2 is 1.60 bits per heavy atom. The smallest absolute Gasteiger partial charge is 0.274 e. The number of ether oxygens (including phenoxy) is 1. The highest BCUT2D eigenvalue weighted by atomic mass is 35.5. The van der Waals surface area contributed by atoms with Crippen LogP contribution in [0.1, 0.15) is 142 Å². The number of allylic oxidation sites excluding steroid dienone is 2. The van der Waals surface area contributed by atoms with Gasteiger partial charge in [-0.1, -0.05) is 82.0 Å². The van der Waals surface area contributed by atoms with Crippen molar-refractivity contribution in [3.8, 4) is 11.7 Å². The van der Waals surface area contributed by atoms with Gasteiger partial charge in [0.15, 0.2) is 5.82 Å². The van der Waals surface area contributed by atoms with Crippen molar-refractivity contribution in [3.05, 3.63) is 70.7 Å². The van der Waals surface area contributed by atoms with E-state index in [0.717, 1.165) is 38.5 Å². The number of nitrogens with zero attached hydrogens (tertiary/aromatic N) is 5. The van der Waals surface area contributed by atoms with Gasteiger partial charge in [0.05, 0.1) is 23.4 Å². The second-order valence-corrected chi connectivity index (χ2v) is 14.0. The lowest BCUT2D eigenvalue weighted by Crippen LogP contribution is -2.31. The molecule has 0 bridgehead atoms. The minimum Gasteiger partial charge on any atom is -0.480 e. The molecule has 0 radical (unpaired) electrons. The molecule has 3 aromatic heterocycles. The van der Waals surface area contributed by atoms with Crippen LogP contribution in [-0.4, -0.2) is 55.4 Å². The average Bonchev–Trinajstić information content (AvgIpc) is 3.74. The van der Waals surface area contributed by atoms with Crippen LogP contribution in [0.5, 0.6) is 5.88 Å². The topological polar surface area (TPSA) is 133 Å². The third-order valence-corrected chi connectivity index (χ3v) is 9.15. The number of nitrogens with one attached hydrogen (secondary N) is 2. The first-order valence-electron chi connectivity index (χ1n) is 18.7.